The molecule has 0 aromatic rings. The monoisotopic (exact) mass is 273 g/mol. The van der Waals surface area contributed by atoms with E-state index in [9.17, 15) is 4.79 Å². The van der Waals surface area contributed by atoms with Crippen molar-refractivity contribution in [3.63, 3.8) is 0 Å². The molecular weight excluding hydrogens is 246 g/mol. The van der Waals surface area contributed by atoms with Gasteiger partial charge in [-0.2, -0.15) is 0 Å². The zero-order valence-corrected chi connectivity index (χ0v) is 12.0. The van der Waals surface area contributed by atoms with Crippen molar-refractivity contribution in [2.24, 2.45) is 5.92 Å². The van der Waals surface area contributed by atoms with E-state index < -0.39 is 0 Å². The van der Waals surface area contributed by atoms with Crippen LogP contribution in [0.3, 0.4) is 0 Å². The lowest BCUT2D eigenvalue weighted by molar-refractivity contribution is -0.122. The topological polar surface area (TPSA) is 56.8 Å². The Balaban J connectivity index is 1.68. The molecule has 0 bridgehead atoms. The maximum absolute atomic E-state index is 11.3. The minimum atomic E-state index is 0.170. The van der Waals surface area contributed by atoms with E-state index >= 15 is 0 Å². The number of carbonyl (C=O) groups is 1. The SMILES string of the molecule is CCCCOCCOCCOCCNC(=O)C1CC1. The molecule has 0 aliphatic heterocycles. The second-order valence-electron chi connectivity index (χ2n) is 4.76. The van der Waals surface area contributed by atoms with Crippen LogP contribution in [0, 0.1) is 5.92 Å². The standard InChI is InChI=1S/C14H27NO4/c1-2-3-7-17-9-11-19-12-10-18-8-6-15-14(16)13-4-5-13/h13H,2-12H2,1H3,(H,15,16). The highest BCUT2D eigenvalue weighted by molar-refractivity contribution is 5.80. The van der Waals surface area contributed by atoms with Gasteiger partial charge in [0.25, 0.3) is 0 Å². The first kappa shape index (κ1) is 16.4. The largest absolute Gasteiger partial charge is 0.379 e. The molecule has 0 radical (unpaired) electrons. The molecule has 1 N–H and O–H groups in total. The molecule has 0 unspecified atom stereocenters. The van der Waals surface area contributed by atoms with Crippen molar-refractivity contribution in [2.75, 3.05) is 46.2 Å². The Labute approximate surface area is 116 Å². The fourth-order valence-electron chi connectivity index (χ4n) is 1.52. The number of ether oxygens (including phenoxy) is 3. The van der Waals surface area contributed by atoms with Gasteiger partial charge in [0.1, 0.15) is 0 Å². The Bertz CT molecular complexity index is 231. The third-order valence-electron chi connectivity index (χ3n) is 2.88. The van der Waals surface area contributed by atoms with Crippen LogP contribution in [0.25, 0.3) is 0 Å². The van der Waals surface area contributed by atoms with E-state index in [1.54, 1.807) is 0 Å². The minimum Gasteiger partial charge on any atom is -0.379 e. The molecule has 1 rings (SSSR count). The number of unbranched alkanes of at least 4 members (excludes halogenated alkanes) is 1. The third-order valence-corrected chi connectivity index (χ3v) is 2.88. The highest BCUT2D eigenvalue weighted by atomic mass is 16.5. The summed E-state index contributed by atoms with van der Waals surface area (Å²) in [6.07, 6.45) is 4.35. The summed E-state index contributed by atoms with van der Waals surface area (Å²) in [5.74, 6) is 0.445. The molecule has 19 heavy (non-hydrogen) atoms. The van der Waals surface area contributed by atoms with Crippen molar-refractivity contribution < 1.29 is 19.0 Å². The van der Waals surface area contributed by atoms with Gasteiger partial charge in [-0.1, -0.05) is 13.3 Å². The van der Waals surface area contributed by atoms with Crippen molar-refractivity contribution in [1.82, 2.24) is 5.32 Å². The van der Waals surface area contributed by atoms with Gasteiger partial charge < -0.3 is 19.5 Å². The van der Waals surface area contributed by atoms with Gasteiger partial charge in [0.2, 0.25) is 5.91 Å². The first-order valence-electron chi connectivity index (χ1n) is 7.35. The number of nitrogens with one attached hydrogen (secondary N) is 1. The van der Waals surface area contributed by atoms with Gasteiger partial charge in [0.15, 0.2) is 0 Å². The molecule has 0 aromatic carbocycles. The Morgan fingerprint density at radius 3 is 2.16 bits per heavy atom. The lowest BCUT2D eigenvalue weighted by Crippen LogP contribution is -2.28. The lowest BCUT2D eigenvalue weighted by atomic mass is 10.4. The average Bonchev–Trinajstić information content (AvgIpc) is 3.24. The van der Waals surface area contributed by atoms with Gasteiger partial charge in [-0.15, -0.1) is 0 Å². The summed E-state index contributed by atoms with van der Waals surface area (Å²) in [4.78, 5) is 11.3. The fraction of sp³-hybridized carbons (Fsp3) is 0.929. The second-order valence-corrected chi connectivity index (χ2v) is 4.76. The van der Waals surface area contributed by atoms with E-state index in [0.29, 0.717) is 39.6 Å². The highest BCUT2D eigenvalue weighted by Gasteiger charge is 2.28. The third kappa shape index (κ3) is 9.87. The van der Waals surface area contributed by atoms with E-state index in [0.717, 1.165) is 32.3 Å². The van der Waals surface area contributed by atoms with Gasteiger partial charge in [0, 0.05) is 19.1 Å². The quantitative estimate of drug-likeness (QED) is 0.515. The molecule has 0 aromatic heterocycles. The number of amides is 1. The van der Waals surface area contributed by atoms with Crippen LogP contribution >= 0.6 is 0 Å². The molecular formula is C14H27NO4. The Kier molecular flexibility index (Phi) is 9.67. The van der Waals surface area contributed by atoms with Crippen LogP contribution in [0.4, 0.5) is 0 Å². The summed E-state index contributed by atoms with van der Waals surface area (Å²) < 4.78 is 16.1. The molecule has 112 valence electrons. The second kappa shape index (κ2) is 11.2. The summed E-state index contributed by atoms with van der Waals surface area (Å²) in [7, 11) is 0. The van der Waals surface area contributed by atoms with E-state index in [2.05, 4.69) is 12.2 Å². The first-order chi connectivity index (χ1) is 9.34. The van der Waals surface area contributed by atoms with Gasteiger partial charge in [-0.05, 0) is 19.3 Å². The van der Waals surface area contributed by atoms with E-state index in [1.165, 1.54) is 0 Å². The predicted octanol–water partition coefficient (Wildman–Crippen LogP) is 1.36. The average molecular weight is 273 g/mol. The van der Waals surface area contributed by atoms with Gasteiger partial charge in [0.05, 0.1) is 33.0 Å². The molecule has 0 saturated heterocycles. The lowest BCUT2D eigenvalue weighted by Gasteiger charge is -2.07. The first-order valence-corrected chi connectivity index (χ1v) is 7.35. The van der Waals surface area contributed by atoms with Crippen LogP contribution in [0.15, 0.2) is 0 Å². The molecule has 1 amide bonds. The zero-order chi connectivity index (χ0) is 13.8. The van der Waals surface area contributed by atoms with Crippen LogP contribution in [0.5, 0.6) is 0 Å². The van der Waals surface area contributed by atoms with Crippen molar-refractivity contribution in [3.8, 4) is 0 Å². The maximum Gasteiger partial charge on any atom is 0.223 e. The normalized spacial score (nSPS) is 14.6. The summed E-state index contributed by atoms with van der Waals surface area (Å²) in [5, 5.41) is 2.85. The molecule has 0 spiro atoms. The fourth-order valence-corrected chi connectivity index (χ4v) is 1.52. The summed E-state index contributed by atoms with van der Waals surface area (Å²) >= 11 is 0. The molecule has 1 saturated carbocycles. The minimum absolute atomic E-state index is 0.170. The molecule has 1 aliphatic rings. The summed E-state index contributed by atoms with van der Waals surface area (Å²) in [5.41, 5.74) is 0. The number of hydrogen-bond donors (Lipinski definition) is 1. The van der Waals surface area contributed by atoms with E-state index in [1.807, 2.05) is 0 Å². The Hall–Kier alpha value is -0.650. The molecule has 5 nitrogen and oxygen atoms in total. The molecule has 1 fully saturated rings. The number of carbonyl (C=O) groups excluding carboxylic acids is 1. The maximum atomic E-state index is 11.3. The Morgan fingerprint density at radius 2 is 1.58 bits per heavy atom. The van der Waals surface area contributed by atoms with Crippen molar-refractivity contribution >= 4 is 5.91 Å². The molecule has 1 aliphatic carbocycles. The van der Waals surface area contributed by atoms with Gasteiger partial charge >= 0.3 is 0 Å². The molecule has 5 heteroatoms. The highest BCUT2D eigenvalue weighted by Crippen LogP contribution is 2.28. The van der Waals surface area contributed by atoms with Crippen molar-refractivity contribution in [3.05, 3.63) is 0 Å². The van der Waals surface area contributed by atoms with Crippen LogP contribution in [0.1, 0.15) is 32.6 Å². The van der Waals surface area contributed by atoms with Crippen molar-refractivity contribution in [1.29, 1.82) is 0 Å². The zero-order valence-electron chi connectivity index (χ0n) is 12.0. The van der Waals surface area contributed by atoms with Gasteiger partial charge in [-0.3, -0.25) is 4.79 Å². The van der Waals surface area contributed by atoms with Crippen LogP contribution in [0.2, 0.25) is 0 Å². The van der Waals surface area contributed by atoms with Crippen LogP contribution in [-0.4, -0.2) is 52.1 Å². The van der Waals surface area contributed by atoms with Crippen LogP contribution in [-0.2, 0) is 19.0 Å². The van der Waals surface area contributed by atoms with E-state index in [4.69, 9.17) is 14.2 Å². The van der Waals surface area contributed by atoms with Gasteiger partial charge in [-0.25, -0.2) is 0 Å². The van der Waals surface area contributed by atoms with Crippen molar-refractivity contribution in [2.45, 2.75) is 32.6 Å². The summed E-state index contributed by atoms with van der Waals surface area (Å²) in [6.45, 7) is 6.51. The smallest absolute Gasteiger partial charge is 0.223 e. The molecule has 0 heterocycles. The van der Waals surface area contributed by atoms with Crippen LogP contribution < -0.4 is 5.32 Å². The molecule has 0 atom stereocenters. The summed E-state index contributed by atoms with van der Waals surface area (Å²) in [6, 6.07) is 0. The number of rotatable bonds is 13. The van der Waals surface area contributed by atoms with E-state index in [-0.39, 0.29) is 11.8 Å². The number of hydrogen-bond acceptors (Lipinski definition) is 4. The predicted molar refractivity (Wildman–Crippen MR) is 73.1 cm³/mol. The Morgan fingerprint density at radius 1 is 1.00 bits per heavy atom.